The number of imide groups is 1. The van der Waals surface area contributed by atoms with Crippen molar-refractivity contribution in [2.75, 3.05) is 12.3 Å². The van der Waals surface area contributed by atoms with Gasteiger partial charge in [0.25, 0.3) is 0 Å². The molecule has 0 saturated carbocycles. The lowest BCUT2D eigenvalue weighted by molar-refractivity contribution is -0.125. The number of hydrogen-bond acceptors (Lipinski definition) is 4. The highest BCUT2D eigenvalue weighted by atomic mass is 16.2. The zero-order valence-electron chi connectivity index (χ0n) is 10.8. The van der Waals surface area contributed by atoms with E-state index in [0.717, 1.165) is 24.2 Å². The number of amides is 3. The Morgan fingerprint density at radius 2 is 2.16 bits per heavy atom. The van der Waals surface area contributed by atoms with Gasteiger partial charge in [-0.1, -0.05) is 12.1 Å². The van der Waals surface area contributed by atoms with Crippen LogP contribution in [0, 0.1) is 0 Å². The first-order valence-electron chi connectivity index (χ1n) is 6.19. The molecular weight excluding hydrogens is 244 g/mol. The maximum atomic E-state index is 11.8. The summed E-state index contributed by atoms with van der Waals surface area (Å²) in [7, 11) is 0. The molecule has 1 unspecified atom stereocenters. The van der Waals surface area contributed by atoms with Gasteiger partial charge in [0.05, 0.1) is 6.04 Å². The summed E-state index contributed by atoms with van der Waals surface area (Å²) in [4.78, 5) is 24.4. The summed E-state index contributed by atoms with van der Waals surface area (Å²) in [6.07, 6.45) is 0.842. The maximum Gasteiger partial charge on any atom is 0.318 e. The van der Waals surface area contributed by atoms with E-state index in [4.69, 9.17) is 11.5 Å². The number of carbonyl (C=O) groups is 2. The normalized spacial score (nSPS) is 16.5. The summed E-state index contributed by atoms with van der Waals surface area (Å²) in [5.41, 5.74) is 13.9. The molecule has 5 N–H and O–H groups in total. The van der Waals surface area contributed by atoms with Crippen molar-refractivity contribution >= 4 is 17.6 Å². The molecule has 0 aromatic heterocycles. The number of benzene rings is 1. The number of hydrogen-bond donors (Lipinski definition) is 3. The van der Waals surface area contributed by atoms with Crippen molar-refractivity contribution in [1.82, 2.24) is 10.2 Å². The lowest BCUT2D eigenvalue weighted by atomic mass is 9.97. The Labute approximate surface area is 111 Å². The molecule has 1 aliphatic heterocycles. The molecule has 1 heterocycles. The highest BCUT2D eigenvalue weighted by Gasteiger charge is 2.26. The van der Waals surface area contributed by atoms with Crippen LogP contribution in [0.2, 0.25) is 0 Å². The average Bonchev–Trinajstić information content (AvgIpc) is 2.37. The van der Waals surface area contributed by atoms with Gasteiger partial charge in [0.2, 0.25) is 5.91 Å². The molecule has 1 aromatic carbocycles. The van der Waals surface area contributed by atoms with Crippen LogP contribution in [-0.4, -0.2) is 29.4 Å². The summed E-state index contributed by atoms with van der Waals surface area (Å²) >= 11 is 0. The van der Waals surface area contributed by atoms with Crippen LogP contribution in [0.25, 0.3) is 0 Å². The van der Waals surface area contributed by atoms with Crippen LogP contribution in [0.3, 0.4) is 0 Å². The van der Waals surface area contributed by atoms with E-state index in [-0.39, 0.29) is 5.91 Å². The molecule has 0 bridgehead atoms. The van der Waals surface area contributed by atoms with Crippen LogP contribution in [0.15, 0.2) is 18.2 Å². The van der Waals surface area contributed by atoms with E-state index < -0.39 is 12.1 Å². The predicted molar refractivity (Wildman–Crippen MR) is 72.2 cm³/mol. The third kappa shape index (κ3) is 2.85. The summed E-state index contributed by atoms with van der Waals surface area (Å²) in [5.74, 6) is -0.384. The van der Waals surface area contributed by atoms with Crippen LogP contribution in [-0.2, 0) is 17.8 Å². The summed E-state index contributed by atoms with van der Waals surface area (Å²) in [5, 5.41) is 2.11. The van der Waals surface area contributed by atoms with Gasteiger partial charge >= 0.3 is 6.03 Å². The lowest BCUT2D eigenvalue weighted by Crippen LogP contribution is -2.49. The number of fused-ring (bicyclic) bond motifs is 1. The van der Waals surface area contributed by atoms with Gasteiger partial charge in [-0.25, -0.2) is 4.79 Å². The van der Waals surface area contributed by atoms with E-state index >= 15 is 0 Å². The molecule has 0 saturated heterocycles. The molecule has 1 atom stereocenters. The van der Waals surface area contributed by atoms with E-state index in [2.05, 4.69) is 11.4 Å². The molecular formula is C13H18N4O2. The fourth-order valence-corrected chi connectivity index (χ4v) is 2.35. The monoisotopic (exact) mass is 262 g/mol. The van der Waals surface area contributed by atoms with Crippen molar-refractivity contribution in [1.29, 1.82) is 0 Å². The summed E-state index contributed by atoms with van der Waals surface area (Å²) in [6.45, 7) is 3.11. The first-order chi connectivity index (χ1) is 8.99. The zero-order valence-corrected chi connectivity index (χ0v) is 10.8. The number of urea groups is 1. The van der Waals surface area contributed by atoms with E-state index in [1.165, 1.54) is 5.56 Å². The van der Waals surface area contributed by atoms with Crippen LogP contribution in [0.5, 0.6) is 0 Å². The van der Waals surface area contributed by atoms with Crippen molar-refractivity contribution < 1.29 is 9.59 Å². The number of primary amides is 1. The quantitative estimate of drug-likeness (QED) is 0.663. The Kier molecular flexibility index (Phi) is 3.71. The van der Waals surface area contributed by atoms with Crippen molar-refractivity contribution in [3.05, 3.63) is 29.3 Å². The molecule has 0 fully saturated rings. The molecule has 0 radical (unpaired) electrons. The van der Waals surface area contributed by atoms with E-state index in [9.17, 15) is 9.59 Å². The van der Waals surface area contributed by atoms with Crippen molar-refractivity contribution in [3.63, 3.8) is 0 Å². The van der Waals surface area contributed by atoms with Gasteiger partial charge < -0.3 is 11.5 Å². The van der Waals surface area contributed by atoms with E-state index in [1.807, 2.05) is 17.0 Å². The fraction of sp³-hybridized carbons (Fsp3) is 0.385. The number of rotatable bonds is 2. The third-order valence-corrected chi connectivity index (χ3v) is 3.51. The molecule has 0 spiro atoms. The SMILES string of the molecule is CC(C(=O)NC(N)=O)N1CCc2cccc(N)c2C1. The average molecular weight is 262 g/mol. The predicted octanol–water partition coefficient (Wildman–Crippen LogP) is 0.210. The van der Waals surface area contributed by atoms with Gasteiger partial charge in [0, 0.05) is 18.8 Å². The maximum absolute atomic E-state index is 11.8. The first kappa shape index (κ1) is 13.4. The Morgan fingerprint density at radius 1 is 1.42 bits per heavy atom. The number of nitrogen functional groups attached to an aromatic ring is 1. The van der Waals surface area contributed by atoms with E-state index in [0.29, 0.717) is 6.54 Å². The summed E-state index contributed by atoms with van der Waals surface area (Å²) in [6, 6.07) is 4.61. The van der Waals surface area contributed by atoms with Crippen LogP contribution in [0.1, 0.15) is 18.1 Å². The van der Waals surface area contributed by atoms with Gasteiger partial charge in [0.15, 0.2) is 0 Å². The Morgan fingerprint density at radius 3 is 2.84 bits per heavy atom. The van der Waals surface area contributed by atoms with Crippen molar-refractivity contribution in [2.24, 2.45) is 5.73 Å². The number of nitrogens with two attached hydrogens (primary N) is 2. The third-order valence-electron chi connectivity index (χ3n) is 3.51. The first-order valence-corrected chi connectivity index (χ1v) is 6.19. The zero-order chi connectivity index (χ0) is 14.0. The van der Waals surface area contributed by atoms with Crippen molar-refractivity contribution in [2.45, 2.75) is 25.9 Å². The van der Waals surface area contributed by atoms with Gasteiger partial charge in [-0.2, -0.15) is 0 Å². The van der Waals surface area contributed by atoms with Gasteiger partial charge in [-0.05, 0) is 30.5 Å². The summed E-state index contributed by atoms with van der Waals surface area (Å²) < 4.78 is 0. The van der Waals surface area contributed by atoms with Gasteiger partial charge in [-0.15, -0.1) is 0 Å². The second kappa shape index (κ2) is 5.27. The topological polar surface area (TPSA) is 101 Å². The van der Waals surface area contributed by atoms with Crippen LogP contribution in [0.4, 0.5) is 10.5 Å². The number of nitrogens with zero attached hydrogens (tertiary/aromatic N) is 1. The number of anilines is 1. The molecule has 6 nitrogen and oxygen atoms in total. The fourth-order valence-electron chi connectivity index (χ4n) is 2.35. The highest BCUT2D eigenvalue weighted by Crippen LogP contribution is 2.25. The van der Waals surface area contributed by atoms with E-state index in [1.54, 1.807) is 6.92 Å². The smallest absolute Gasteiger partial charge is 0.318 e. The Hall–Kier alpha value is -2.08. The lowest BCUT2D eigenvalue weighted by Gasteiger charge is -2.33. The Balaban J connectivity index is 2.11. The van der Waals surface area contributed by atoms with Gasteiger partial charge in [-0.3, -0.25) is 15.0 Å². The Bertz CT molecular complexity index is 515. The number of nitrogens with one attached hydrogen (secondary N) is 1. The standard InChI is InChI=1S/C13H18N4O2/c1-8(12(18)16-13(15)19)17-6-5-9-3-2-4-11(14)10(9)7-17/h2-4,8H,5-7,14H2,1H3,(H3,15,16,18,19). The number of carbonyl (C=O) groups excluding carboxylic acids is 2. The minimum absolute atomic E-state index is 0.384. The second-order valence-electron chi connectivity index (χ2n) is 4.73. The van der Waals surface area contributed by atoms with Crippen molar-refractivity contribution in [3.8, 4) is 0 Å². The molecule has 102 valence electrons. The second-order valence-corrected chi connectivity index (χ2v) is 4.73. The molecule has 1 aromatic rings. The molecule has 19 heavy (non-hydrogen) atoms. The molecule has 2 rings (SSSR count). The largest absolute Gasteiger partial charge is 0.398 e. The molecule has 3 amide bonds. The minimum Gasteiger partial charge on any atom is -0.398 e. The molecule has 0 aliphatic carbocycles. The highest BCUT2D eigenvalue weighted by molar-refractivity contribution is 5.96. The van der Waals surface area contributed by atoms with Gasteiger partial charge in [0.1, 0.15) is 0 Å². The molecule has 1 aliphatic rings. The van der Waals surface area contributed by atoms with Crippen LogP contribution < -0.4 is 16.8 Å². The van der Waals surface area contributed by atoms with Crippen LogP contribution >= 0.6 is 0 Å². The minimum atomic E-state index is -0.825. The molecule has 6 heteroatoms.